The van der Waals surface area contributed by atoms with Gasteiger partial charge < -0.3 is 10.7 Å². The summed E-state index contributed by atoms with van der Waals surface area (Å²) < 4.78 is 14.1. The molecule has 0 aliphatic heterocycles. The van der Waals surface area contributed by atoms with Crippen molar-refractivity contribution in [3.05, 3.63) is 56.1 Å². The van der Waals surface area contributed by atoms with Crippen LogP contribution in [0.3, 0.4) is 0 Å². The molecule has 0 unspecified atom stereocenters. The van der Waals surface area contributed by atoms with Crippen molar-refractivity contribution >= 4 is 28.4 Å². The van der Waals surface area contributed by atoms with Gasteiger partial charge in [-0.3, -0.25) is 9.59 Å². The average molecular weight is 323 g/mol. The fourth-order valence-electron chi connectivity index (χ4n) is 2.24. The summed E-state index contributed by atoms with van der Waals surface area (Å²) in [7, 11) is 0. The number of primary amides is 1. The molecule has 1 heterocycles. The van der Waals surface area contributed by atoms with Crippen molar-refractivity contribution in [2.24, 2.45) is 5.73 Å². The molecule has 0 radical (unpaired) electrons. The molecule has 1 amide bonds. The van der Waals surface area contributed by atoms with E-state index < -0.39 is 11.7 Å². The normalized spacial score (nSPS) is 10.7. The Morgan fingerprint density at radius 2 is 2.09 bits per heavy atom. The standard InChI is InChI=1S/C16H16ClFN2O2/c1-8(2)3-4-9-12(7-13(19)21)20-15-10(16(9)22)5-6-11(17)14(15)18/h3,5-6H,4,7H2,1-2H3,(H2,19,21)(H,20,22). The van der Waals surface area contributed by atoms with Gasteiger partial charge in [0.2, 0.25) is 5.91 Å². The number of pyridine rings is 1. The highest BCUT2D eigenvalue weighted by Crippen LogP contribution is 2.23. The van der Waals surface area contributed by atoms with Crippen molar-refractivity contribution in [2.45, 2.75) is 26.7 Å². The molecular weight excluding hydrogens is 307 g/mol. The van der Waals surface area contributed by atoms with Gasteiger partial charge in [-0.15, -0.1) is 0 Å². The number of carbonyl (C=O) groups excluding carboxylic acids is 1. The first-order chi connectivity index (χ1) is 10.3. The van der Waals surface area contributed by atoms with Gasteiger partial charge in [0.25, 0.3) is 0 Å². The van der Waals surface area contributed by atoms with E-state index in [9.17, 15) is 14.0 Å². The molecule has 0 fully saturated rings. The van der Waals surface area contributed by atoms with E-state index >= 15 is 0 Å². The SMILES string of the molecule is CC(C)=CCc1c(CC(N)=O)[nH]c2c(F)c(Cl)ccc2c1=O. The highest BCUT2D eigenvalue weighted by atomic mass is 35.5. The topological polar surface area (TPSA) is 76.0 Å². The third-order valence-electron chi connectivity index (χ3n) is 3.32. The lowest BCUT2D eigenvalue weighted by atomic mass is 10.0. The largest absolute Gasteiger partial charge is 0.369 e. The summed E-state index contributed by atoms with van der Waals surface area (Å²) in [5.41, 5.74) is 6.66. The van der Waals surface area contributed by atoms with E-state index in [1.165, 1.54) is 12.1 Å². The number of aromatic amines is 1. The summed E-state index contributed by atoms with van der Waals surface area (Å²) in [4.78, 5) is 26.6. The molecular formula is C16H16ClFN2O2. The molecule has 2 aromatic rings. The molecule has 0 bridgehead atoms. The Bertz CT molecular complexity index is 836. The zero-order valence-electron chi connectivity index (χ0n) is 12.3. The molecule has 0 aliphatic carbocycles. The van der Waals surface area contributed by atoms with Gasteiger partial charge in [0.1, 0.15) is 0 Å². The Kier molecular flexibility index (Phi) is 4.66. The van der Waals surface area contributed by atoms with Gasteiger partial charge in [-0.25, -0.2) is 4.39 Å². The van der Waals surface area contributed by atoms with Crippen LogP contribution in [0.2, 0.25) is 5.02 Å². The number of benzene rings is 1. The summed E-state index contributed by atoms with van der Waals surface area (Å²) in [5.74, 6) is -1.31. The number of allylic oxidation sites excluding steroid dienone is 2. The van der Waals surface area contributed by atoms with E-state index in [1.807, 2.05) is 19.9 Å². The number of fused-ring (bicyclic) bond motifs is 1. The molecule has 0 aliphatic rings. The van der Waals surface area contributed by atoms with E-state index in [0.29, 0.717) is 17.7 Å². The monoisotopic (exact) mass is 322 g/mol. The second-order valence-electron chi connectivity index (χ2n) is 5.32. The van der Waals surface area contributed by atoms with Crippen LogP contribution >= 0.6 is 11.6 Å². The number of carbonyl (C=O) groups is 1. The lowest BCUT2D eigenvalue weighted by Gasteiger charge is -2.10. The lowest BCUT2D eigenvalue weighted by Crippen LogP contribution is -2.21. The molecule has 0 saturated carbocycles. The smallest absolute Gasteiger partial charge is 0.223 e. The Labute approximate surface area is 131 Å². The molecule has 1 aromatic heterocycles. The number of nitrogens with two attached hydrogens (primary N) is 1. The molecule has 4 nitrogen and oxygen atoms in total. The van der Waals surface area contributed by atoms with Crippen LogP contribution < -0.4 is 11.2 Å². The Morgan fingerprint density at radius 3 is 2.68 bits per heavy atom. The third kappa shape index (κ3) is 3.20. The van der Waals surface area contributed by atoms with E-state index in [1.54, 1.807) is 0 Å². The van der Waals surface area contributed by atoms with Gasteiger partial charge >= 0.3 is 0 Å². The number of rotatable bonds is 4. The second-order valence-corrected chi connectivity index (χ2v) is 5.73. The Balaban J connectivity index is 2.78. The number of halogens is 2. The van der Waals surface area contributed by atoms with Gasteiger partial charge in [-0.2, -0.15) is 0 Å². The van der Waals surface area contributed by atoms with Crippen LogP contribution in [0.15, 0.2) is 28.6 Å². The highest BCUT2D eigenvalue weighted by molar-refractivity contribution is 6.31. The van der Waals surface area contributed by atoms with Crippen LogP contribution in [0.1, 0.15) is 25.1 Å². The van der Waals surface area contributed by atoms with Crippen LogP contribution in [0.5, 0.6) is 0 Å². The first kappa shape index (κ1) is 16.2. The van der Waals surface area contributed by atoms with Crippen molar-refractivity contribution < 1.29 is 9.18 Å². The molecule has 1 aromatic carbocycles. The predicted octanol–water partition coefficient (Wildman–Crippen LogP) is 2.86. The Morgan fingerprint density at radius 1 is 1.41 bits per heavy atom. The van der Waals surface area contributed by atoms with E-state index in [-0.39, 0.29) is 27.8 Å². The molecule has 0 atom stereocenters. The van der Waals surface area contributed by atoms with Crippen molar-refractivity contribution in [1.29, 1.82) is 0 Å². The number of aromatic nitrogens is 1. The van der Waals surface area contributed by atoms with E-state index in [4.69, 9.17) is 17.3 Å². The zero-order chi connectivity index (χ0) is 16.4. The quantitative estimate of drug-likeness (QED) is 0.849. The van der Waals surface area contributed by atoms with Gasteiger partial charge in [0.15, 0.2) is 11.2 Å². The predicted molar refractivity (Wildman–Crippen MR) is 85.6 cm³/mol. The first-order valence-corrected chi connectivity index (χ1v) is 7.12. The molecule has 0 saturated heterocycles. The summed E-state index contributed by atoms with van der Waals surface area (Å²) in [6, 6.07) is 2.81. The summed E-state index contributed by atoms with van der Waals surface area (Å²) in [6.07, 6.45) is 2.05. The number of hydrogen-bond acceptors (Lipinski definition) is 2. The minimum Gasteiger partial charge on any atom is -0.369 e. The van der Waals surface area contributed by atoms with Crippen molar-refractivity contribution in [2.75, 3.05) is 0 Å². The molecule has 116 valence electrons. The van der Waals surface area contributed by atoms with Crippen molar-refractivity contribution in [3.8, 4) is 0 Å². The van der Waals surface area contributed by atoms with Crippen molar-refractivity contribution in [1.82, 2.24) is 4.98 Å². The van der Waals surface area contributed by atoms with Gasteiger partial charge in [0, 0.05) is 16.6 Å². The van der Waals surface area contributed by atoms with Crippen LogP contribution in [-0.4, -0.2) is 10.9 Å². The lowest BCUT2D eigenvalue weighted by molar-refractivity contribution is -0.117. The number of H-pyrrole nitrogens is 1. The average Bonchev–Trinajstić information content (AvgIpc) is 2.42. The number of nitrogens with one attached hydrogen (secondary N) is 1. The minimum absolute atomic E-state index is 0.00491. The fourth-order valence-corrected chi connectivity index (χ4v) is 2.39. The minimum atomic E-state index is -0.712. The third-order valence-corrected chi connectivity index (χ3v) is 3.61. The zero-order valence-corrected chi connectivity index (χ0v) is 13.1. The maximum Gasteiger partial charge on any atom is 0.223 e. The van der Waals surface area contributed by atoms with Gasteiger partial charge in [0.05, 0.1) is 17.0 Å². The molecule has 6 heteroatoms. The van der Waals surface area contributed by atoms with Crippen molar-refractivity contribution in [3.63, 3.8) is 0 Å². The van der Waals surface area contributed by atoms with E-state index in [2.05, 4.69) is 4.98 Å². The molecule has 2 rings (SSSR count). The van der Waals surface area contributed by atoms with Crippen LogP contribution in [0, 0.1) is 5.82 Å². The number of hydrogen-bond donors (Lipinski definition) is 2. The molecule has 22 heavy (non-hydrogen) atoms. The van der Waals surface area contributed by atoms with Crippen LogP contribution in [-0.2, 0) is 17.6 Å². The Hall–Kier alpha value is -2.14. The maximum atomic E-state index is 14.1. The summed E-state index contributed by atoms with van der Waals surface area (Å²) in [5, 5.41) is 0.109. The van der Waals surface area contributed by atoms with E-state index in [0.717, 1.165) is 5.57 Å². The number of amides is 1. The molecule has 3 N–H and O–H groups in total. The second kappa shape index (κ2) is 6.32. The van der Waals surface area contributed by atoms with Gasteiger partial charge in [-0.05, 0) is 32.4 Å². The summed E-state index contributed by atoms with van der Waals surface area (Å²) >= 11 is 5.74. The van der Waals surface area contributed by atoms with Gasteiger partial charge in [-0.1, -0.05) is 23.3 Å². The maximum absolute atomic E-state index is 14.1. The first-order valence-electron chi connectivity index (χ1n) is 6.74. The van der Waals surface area contributed by atoms with Crippen LogP contribution in [0.25, 0.3) is 10.9 Å². The summed E-state index contributed by atoms with van der Waals surface area (Å²) in [6.45, 7) is 3.81. The fraction of sp³-hybridized carbons (Fsp3) is 0.250. The molecule has 0 spiro atoms. The van der Waals surface area contributed by atoms with Crippen LogP contribution in [0.4, 0.5) is 4.39 Å². The highest BCUT2D eigenvalue weighted by Gasteiger charge is 2.16.